The number of nitriles is 1. The molecule has 1 aromatic carbocycles. The van der Waals surface area contributed by atoms with E-state index in [1.54, 1.807) is 24.3 Å². The first kappa shape index (κ1) is 18.7. The second-order valence-corrected chi connectivity index (χ2v) is 8.84. The minimum atomic E-state index is -3.62. The van der Waals surface area contributed by atoms with Crippen LogP contribution in [0.4, 0.5) is 5.82 Å². The molecule has 0 unspecified atom stereocenters. The lowest BCUT2D eigenvalue weighted by Gasteiger charge is -2.38. The summed E-state index contributed by atoms with van der Waals surface area (Å²) in [6.07, 6.45) is 3.15. The van der Waals surface area contributed by atoms with Crippen molar-refractivity contribution in [3.8, 4) is 6.07 Å². The molecule has 4 rings (SSSR count). The van der Waals surface area contributed by atoms with Crippen LogP contribution in [0.1, 0.15) is 24.0 Å². The zero-order valence-corrected chi connectivity index (χ0v) is 16.8. The van der Waals surface area contributed by atoms with Crippen molar-refractivity contribution in [3.63, 3.8) is 0 Å². The standard InChI is InChI=1S/C19H18ClN5O2S/c1-24(18-15-4-2-3-5-17(15)28(26,27)23-18)14-6-8-25(9-7-14)19-16(20)10-13(11-21)12-22-19/h2-5,10,12,14H,6-9H2,1H3. The van der Waals surface area contributed by atoms with Gasteiger partial charge in [0.05, 0.1) is 10.6 Å². The van der Waals surface area contributed by atoms with E-state index >= 15 is 0 Å². The van der Waals surface area contributed by atoms with E-state index in [1.807, 2.05) is 24.1 Å². The number of benzene rings is 1. The molecule has 0 N–H and O–H groups in total. The first-order valence-electron chi connectivity index (χ1n) is 8.88. The third-order valence-electron chi connectivity index (χ3n) is 5.21. The van der Waals surface area contributed by atoms with Crippen LogP contribution in [0.25, 0.3) is 0 Å². The number of nitrogens with zero attached hydrogens (tertiary/aromatic N) is 5. The van der Waals surface area contributed by atoms with Gasteiger partial charge in [-0.2, -0.15) is 13.7 Å². The quantitative estimate of drug-likeness (QED) is 0.749. The molecular weight excluding hydrogens is 398 g/mol. The normalized spacial score (nSPS) is 18.3. The molecule has 144 valence electrons. The first-order chi connectivity index (χ1) is 13.4. The largest absolute Gasteiger partial charge is 0.355 e. The molecule has 0 atom stereocenters. The van der Waals surface area contributed by atoms with E-state index in [0.29, 0.717) is 27.8 Å². The predicted octanol–water partition coefficient (Wildman–Crippen LogP) is 2.66. The van der Waals surface area contributed by atoms with E-state index in [-0.39, 0.29) is 10.9 Å². The van der Waals surface area contributed by atoms with Gasteiger partial charge in [0.1, 0.15) is 16.8 Å². The van der Waals surface area contributed by atoms with Crippen LogP contribution in [0.15, 0.2) is 45.8 Å². The number of pyridine rings is 1. The van der Waals surface area contributed by atoms with Crippen molar-refractivity contribution < 1.29 is 8.42 Å². The highest BCUT2D eigenvalue weighted by Crippen LogP contribution is 2.31. The third-order valence-corrected chi connectivity index (χ3v) is 6.81. The molecule has 7 nitrogen and oxygen atoms in total. The molecule has 1 fully saturated rings. The van der Waals surface area contributed by atoms with Crippen molar-refractivity contribution in [1.82, 2.24) is 9.88 Å². The van der Waals surface area contributed by atoms with Crippen molar-refractivity contribution >= 4 is 33.3 Å². The molecule has 0 spiro atoms. The Morgan fingerprint density at radius 3 is 2.68 bits per heavy atom. The molecule has 2 aromatic rings. The number of sulfonamides is 1. The third kappa shape index (κ3) is 3.21. The van der Waals surface area contributed by atoms with Gasteiger partial charge in [0.25, 0.3) is 10.0 Å². The lowest BCUT2D eigenvalue weighted by Crippen LogP contribution is -2.46. The molecule has 9 heteroatoms. The minimum absolute atomic E-state index is 0.161. The minimum Gasteiger partial charge on any atom is -0.355 e. The molecule has 1 saturated heterocycles. The molecule has 0 radical (unpaired) electrons. The fourth-order valence-electron chi connectivity index (χ4n) is 3.71. The summed E-state index contributed by atoms with van der Waals surface area (Å²) in [6.45, 7) is 1.46. The molecule has 2 aliphatic heterocycles. The number of piperidine rings is 1. The van der Waals surface area contributed by atoms with Gasteiger partial charge < -0.3 is 9.80 Å². The van der Waals surface area contributed by atoms with E-state index in [9.17, 15) is 8.42 Å². The summed E-state index contributed by atoms with van der Waals surface area (Å²) in [6, 6.07) is 10.7. The Bertz CT molecular complexity index is 1100. The van der Waals surface area contributed by atoms with E-state index in [0.717, 1.165) is 25.9 Å². The maximum atomic E-state index is 12.3. The van der Waals surface area contributed by atoms with Gasteiger partial charge in [-0.05, 0) is 31.0 Å². The molecule has 0 bridgehead atoms. The lowest BCUT2D eigenvalue weighted by molar-refractivity contribution is 0.306. The van der Waals surface area contributed by atoms with Crippen molar-refractivity contribution in [1.29, 1.82) is 5.26 Å². The van der Waals surface area contributed by atoms with Gasteiger partial charge in [-0.15, -0.1) is 4.40 Å². The maximum Gasteiger partial charge on any atom is 0.285 e. The number of fused-ring (bicyclic) bond motifs is 1. The van der Waals surface area contributed by atoms with Crippen molar-refractivity contribution in [3.05, 3.63) is 52.7 Å². The Hall–Kier alpha value is -2.63. The number of hydrogen-bond donors (Lipinski definition) is 0. The van der Waals surface area contributed by atoms with Gasteiger partial charge in [-0.1, -0.05) is 23.7 Å². The van der Waals surface area contributed by atoms with E-state index in [1.165, 1.54) is 6.20 Å². The van der Waals surface area contributed by atoms with Gasteiger partial charge in [0.2, 0.25) is 0 Å². The number of halogens is 1. The Kier molecular flexibility index (Phi) is 4.73. The smallest absolute Gasteiger partial charge is 0.285 e. The van der Waals surface area contributed by atoms with Crippen LogP contribution < -0.4 is 4.90 Å². The highest BCUT2D eigenvalue weighted by atomic mass is 35.5. The molecule has 3 heterocycles. The summed E-state index contributed by atoms with van der Waals surface area (Å²) in [5.41, 5.74) is 1.09. The van der Waals surface area contributed by atoms with E-state index in [2.05, 4.69) is 14.3 Å². The number of aromatic nitrogens is 1. The molecular formula is C19H18ClN5O2S. The first-order valence-corrected chi connectivity index (χ1v) is 10.7. The topological polar surface area (TPSA) is 89.7 Å². The second kappa shape index (κ2) is 7.08. The maximum absolute atomic E-state index is 12.3. The molecule has 0 aliphatic carbocycles. The molecule has 0 saturated carbocycles. The Labute approximate surface area is 168 Å². The van der Waals surface area contributed by atoms with Gasteiger partial charge in [0, 0.05) is 37.9 Å². The van der Waals surface area contributed by atoms with Gasteiger partial charge >= 0.3 is 0 Å². The van der Waals surface area contributed by atoms with Gasteiger partial charge in [0.15, 0.2) is 5.84 Å². The van der Waals surface area contributed by atoms with Crippen molar-refractivity contribution in [2.45, 2.75) is 23.8 Å². The SMILES string of the molecule is CN(C1=NS(=O)(=O)c2ccccc21)C1CCN(c2ncc(C#N)cc2Cl)CC1. The summed E-state index contributed by atoms with van der Waals surface area (Å²) >= 11 is 6.28. The molecule has 28 heavy (non-hydrogen) atoms. The van der Waals surface area contributed by atoms with Crippen LogP contribution >= 0.6 is 11.6 Å². The highest BCUT2D eigenvalue weighted by molar-refractivity contribution is 7.90. The van der Waals surface area contributed by atoms with Crippen LogP contribution in [0.2, 0.25) is 5.02 Å². The molecule has 2 aliphatic rings. The van der Waals surface area contributed by atoms with Gasteiger partial charge in [-0.25, -0.2) is 4.98 Å². The predicted molar refractivity (Wildman–Crippen MR) is 107 cm³/mol. The summed E-state index contributed by atoms with van der Waals surface area (Å²) in [5, 5.41) is 9.41. The van der Waals surface area contributed by atoms with Crippen LogP contribution in [0.3, 0.4) is 0 Å². The fourth-order valence-corrected chi connectivity index (χ4v) is 5.23. The highest BCUT2D eigenvalue weighted by Gasteiger charge is 2.34. The Balaban J connectivity index is 1.50. The average molecular weight is 416 g/mol. The average Bonchev–Trinajstić information content (AvgIpc) is 2.99. The van der Waals surface area contributed by atoms with E-state index < -0.39 is 10.0 Å². The van der Waals surface area contributed by atoms with Crippen LogP contribution in [0, 0.1) is 11.3 Å². The summed E-state index contributed by atoms with van der Waals surface area (Å²) < 4.78 is 28.6. The van der Waals surface area contributed by atoms with Gasteiger partial charge in [-0.3, -0.25) is 0 Å². The summed E-state index contributed by atoms with van der Waals surface area (Å²) in [4.78, 5) is 8.65. The zero-order valence-electron chi connectivity index (χ0n) is 15.2. The second-order valence-electron chi connectivity index (χ2n) is 6.86. The Morgan fingerprint density at radius 1 is 1.29 bits per heavy atom. The molecule has 0 amide bonds. The monoisotopic (exact) mass is 415 g/mol. The fraction of sp³-hybridized carbons (Fsp3) is 0.316. The van der Waals surface area contributed by atoms with Crippen molar-refractivity contribution in [2.24, 2.45) is 4.40 Å². The summed E-state index contributed by atoms with van der Waals surface area (Å²) in [5.74, 6) is 1.18. The number of anilines is 1. The molecule has 1 aromatic heterocycles. The van der Waals surface area contributed by atoms with Crippen LogP contribution in [0.5, 0.6) is 0 Å². The van der Waals surface area contributed by atoms with Crippen LogP contribution in [-0.4, -0.2) is 50.3 Å². The van der Waals surface area contributed by atoms with Crippen LogP contribution in [-0.2, 0) is 10.0 Å². The lowest BCUT2D eigenvalue weighted by atomic mass is 10.0. The Morgan fingerprint density at radius 2 is 2.00 bits per heavy atom. The van der Waals surface area contributed by atoms with Crippen molar-refractivity contribution in [2.75, 3.05) is 25.0 Å². The number of rotatable bonds is 2. The summed E-state index contributed by atoms with van der Waals surface area (Å²) in [7, 11) is -1.73. The zero-order chi connectivity index (χ0) is 19.9. The number of amidine groups is 1. The van der Waals surface area contributed by atoms with E-state index in [4.69, 9.17) is 16.9 Å². The number of hydrogen-bond acceptors (Lipinski definition) is 6.